The highest BCUT2D eigenvalue weighted by atomic mass is 32.1. The molecule has 0 fully saturated rings. The van der Waals surface area contributed by atoms with Gasteiger partial charge in [0.1, 0.15) is 33.2 Å². The van der Waals surface area contributed by atoms with Crippen LogP contribution < -0.4 is 5.32 Å². The molecule has 0 unspecified atom stereocenters. The molecule has 0 spiro atoms. The largest absolute Gasteiger partial charge is 0.390 e. The number of hydrogen-bond donors (Lipinski definition) is 2. The number of aliphatic hydroxyl groups is 1. The van der Waals surface area contributed by atoms with Gasteiger partial charge in [-0.1, -0.05) is 6.07 Å². The average molecular weight is 396 g/mol. The highest BCUT2D eigenvalue weighted by Crippen LogP contribution is 2.37. The molecule has 3 heterocycles. The minimum absolute atomic E-state index is 0.00100. The first-order valence-electron chi connectivity index (χ1n) is 7.93. The summed E-state index contributed by atoms with van der Waals surface area (Å²) >= 11 is 1.00. The smallest absolute Gasteiger partial charge is 0.168 e. The SMILES string of the molecule is N#Cc1cccc(F)c1-c1nc2c(F)cnc(Nc3cc(CO)ncn3)c2s1. The van der Waals surface area contributed by atoms with Crippen LogP contribution in [0.15, 0.2) is 36.8 Å². The second kappa shape index (κ2) is 7.22. The minimum Gasteiger partial charge on any atom is -0.390 e. The maximum atomic E-state index is 14.3. The molecule has 4 aromatic rings. The number of fused-ring (bicyclic) bond motifs is 1. The highest BCUT2D eigenvalue weighted by Gasteiger charge is 2.19. The van der Waals surface area contributed by atoms with Crippen molar-refractivity contribution in [2.24, 2.45) is 0 Å². The summed E-state index contributed by atoms with van der Waals surface area (Å²) in [5, 5.41) is 21.5. The van der Waals surface area contributed by atoms with Crippen molar-refractivity contribution < 1.29 is 13.9 Å². The van der Waals surface area contributed by atoms with Crippen LogP contribution in [0.2, 0.25) is 0 Å². The predicted molar refractivity (Wildman–Crippen MR) is 98.7 cm³/mol. The molecule has 7 nitrogen and oxygen atoms in total. The molecule has 0 saturated carbocycles. The summed E-state index contributed by atoms with van der Waals surface area (Å²) in [7, 11) is 0. The Kier molecular flexibility index (Phi) is 4.60. The first-order valence-corrected chi connectivity index (χ1v) is 8.75. The maximum Gasteiger partial charge on any atom is 0.168 e. The van der Waals surface area contributed by atoms with Crippen LogP contribution >= 0.6 is 11.3 Å². The van der Waals surface area contributed by atoms with E-state index in [1.54, 1.807) is 0 Å². The normalized spacial score (nSPS) is 10.8. The van der Waals surface area contributed by atoms with Crippen LogP contribution in [0.4, 0.5) is 20.4 Å². The number of nitrogens with one attached hydrogen (secondary N) is 1. The van der Waals surface area contributed by atoms with E-state index in [1.807, 2.05) is 6.07 Å². The molecule has 1 aromatic carbocycles. The second-order valence-electron chi connectivity index (χ2n) is 5.60. The van der Waals surface area contributed by atoms with Crippen molar-refractivity contribution in [2.45, 2.75) is 6.61 Å². The summed E-state index contributed by atoms with van der Waals surface area (Å²) in [6.07, 6.45) is 2.26. The lowest BCUT2D eigenvalue weighted by molar-refractivity contribution is 0.276. The molecule has 10 heteroatoms. The monoisotopic (exact) mass is 396 g/mol. The summed E-state index contributed by atoms with van der Waals surface area (Å²) in [5.41, 5.74) is 0.512. The van der Waals surface area contributed by atoms with Crippen LogP contribution in [0.25, 0.3) is 20.8 Å². The molecule has 0 bridgehead atoms. The van der Waals surface area contributed by atoms with E-state index in [0.717, 1.165) is 17.5 Å². The van der Waals surface area contributed by atoms with Gasteiger partial charge in [0.15, 0.2) is 11.6 Å². The van der Waals surface area contributed by atoms with E-state index in [2.05, 4.69) is 25.3 Å². The van der Waals surface area contributed by atoms with Crippen molar-refractivity contribution in [2.75, 3.05) is 5.32 Å². The molecule has 4 rings (SSSR count). The number of halogens is 2. The third-order valence-corrected chi connectivity index (χ3v) is 4.94. The number of hydrogen-bond acceptors (Lipinski definition) is 8. The number of aromatic nitrogens is 4. The van der Waals surface area contributed by atoms with E-state index in [-0.39, 0.29) is 34.1 Å². The van der Waals surface area contributed by atoms with Gasteiger partial charge in [0.25, 0.3) is 0 Å². The van der Waals surface area contributed by atoms with Gasteiger partial charge < -0.3 is 10.4 Å². The second-order valence-corrected chi connectivity index (χ2v) is 6.60. The van der Waals surface area contributed by atoms with E-state index >= 15 is 0 Å². The molecule has 0 saturated heterocycles. The molecule has 0 aliphatic rings. The molecule has 0 radical (unpaired) electrons. The Morgan fingerprint density at radius 3 is 2.82 bits per heavy atom. The summed E-state index contributed by atoms with van der Waals surface area (Å²) in [5.74, 6) is -0.684. The van der Waals surface area contributed by atoms with Crippen molar-refractivity contribution in [3.05, 3.63) is 59.7 Å². The highest BCUT2D eigenvalue weighted by molar-refractivity contribution is 7.22. The summed E-state index contributed by atoms with van der Waals surface area (Å²) < 4.78 is 28.9. The van der Waals surface area contributed by atoms with Crippen LogP contribution in [0.3, 0.4) is 0 Å². The Hall–Kier alpha value is -3.55. The van der Waals surface area contributed by atoms with Gasteiger partial charge in [-0.2, -0.15) is 5.26 Å². The Bertz CT molecular complexity index is 1240. The minimum atomic E-state index is -0.670. The van der Waals surface area contributed by atoms with E-state index in [1.165, 1.54) is 30.6 Å². The van der Waals surface area contributed by atoms with Crippen molar-refractivity contribution in [3.63, 3.8) is 0 Å². The van der Waals surface area contributed by atoms with Gasteiger partial charge in [0, 0.05) is 6.07 Å². The quantitative estimate of drug-likeness (QED) is 0.543. The zero-order valence-corrected chi connectivity index (χ0v) is 14.8. The number of pyridine rings is 1. The van der Waals surface area contributed by atoms with Crippen LogP contribution in [0.5, 0.6) is 0 Å². The van der Waals surface area contributed by atoms with E-state index in [4.69, 9.17) is 0 Å². The molecule has 2 N–H and O–H groups in total. The predicted octanol–water partition coefficient (Wildman–Crippen LogP) is 3.53. The first-order chi connectivity index (χ1) is 13.6. The average Bonchev–Trinajstić information content (AvgIpc) is 3.16. The van der Waals surface area contributed by atoms with Gasteiger partial charge in [0.05, 0.1) is 35.7 Å². The van der Waals surface area contributed by atoms with E-state index in [0.29, 0.717) is 16.2 Å². The number of nitrogens with zero attached hydrogens (tertiary/aromatic N) is 5. The fourth-order valence-electron chi connectivity index (χ4n) is 2.59. The van der Waals surface area contributed by atoms with Crippen LogP contribution in [-0.4, -0.2) is 25.0 Å². The fraction of sp³-hybridized carbons (Fsp3) is 0.0556. The Morgan fingerprint density at radius 2 is 2.04 bits per heavy atom. The fourth-order valence-corrected chi connectivity index (χ4v) is 3.67. The van der Waals surface area contributed by atoms with Crippen LogP contribution in [0.1, 0.15) is 11.3 Å². The molecule has 0 amide bonds. The third kappa shape index (κ3) is 3.13. The number of aliphatic hydroxyl groups excluding tert-OH is 1. The van der Waals surface area contributed by atoms with Crippen LogP contribution in [-0.2, 0) is 6.61 Å². The molecule has 0 atom stereocenters. The standard InChI is InChI=1S/C18H10F2N6OS/c19-11-3-1-2-9(5-21)14(11)18-26-15-12(20)6-22-17(16(15)28-18)25-13-4-10(7-27)23-8-24-13/h1-4,6,8,27H,7H2,(H,22,23,24,25). The van der Waals surface area contributed by atoms with Crippen molar-refractivity contribution >= 4 is 33.2 Å². The van der Waals surface area contributed by atoms with Gasteiger partial charge >= 0.3 is 0 Å². The lowest BCUT2D eigenvalue weighted by Crippen LogP contribution is -1.99. The van der Waals surface area contributed by atoms with Gasteiger partial charge in [-0.25, -0.2) is 28.7 Å². The topological polar surface area (TPSA) is 108 Å². The molecular formula is C18H10F2N6OS. The van der Waals surface area contributed by atoms with Crippen molar-refractivity contribution in [1.82, 2.24) is 19.9 Å². The van der Waals surface area contributed by atoms with Crippen molar-refractivity contribution in [3.8, 4) is 16.6 Å². The van der Waals surface area contributed by atoms with Crippen molar-refractivity contribution in [1.29, 1.82) is 5.26 Å². The lowest BCUT2D eigenvalue weighted by Gasteiger charge is -2.06. The molecule has 0 aliphatic heterocycles. The van der Waals surface area contributed by atoms with E-state index < -0.39 is 11.6 Å². The lowest BCUT2D eigenvalue weighted by atomic mass is 10.1. The zero-order valence-electron chi connectivity index (χ0n) is 14.0. The third-order valence-electron chi connectivity index (χ3n) is 3.86. The summed E-state index contributed by atoms with van der Waals surface area (Å²) in [4.78, 5) is 16.1. The molecule has 3 aromatic heterocycles. The van der Waals surface area contributed by atoms with E-state index in [9.17, 15) is 19.1 Å². The van der Waals surface area contributed by atoms with Gasteiger partial charge in [-0.3, -0.25) is 0 Å². The van der Waals surface area contributed by atoms with Gasteiger partial charge in [-0.05, 0) is 12.1 Å². The number of benzene rings is 1. The van der Waals surface area contributed by atoms with Crippen LogP contribution in [0, 0.1) is 23.0 Å². The number of anilines is 2. The zero-order chi connectivity index (χ0) is 19.7. The first kappa shape index (κ1) is 17.8. The number of rotatable bonds is 4. The van der Waals surface area contributed by atoms with Gasteiger partial charge in [0.2, 0.25) is 0 Å². The molecule has 28 heavy (non-hydrogen) atoms. The molecular weight excluding hydrogens is 386 g/mol. The number of thiazole rings is 1. The Balaban J connectivity index is 1.85. The molecule has 138 valence electrons. The Morgan fingerprint density at radius 1 is 1.18 bits per heavy atom. The number of nitriles is 1. The Labute approximate surface area is 161 Å². The maximum absolute atomic E-state index is 14.3. The molecule has 0 aliphatic carbocycles. The van der Waals surface area contributed by atoms with Gasteiger partial charge in [-0.15, -0.1) is 11.3 Å². The summed E-state index contributed by atoms with van der Waals surface area (Å²) in [6, 6.07) is 7.55. The summed E-state index contributed by atoms with van der Waals surface area (Å²) in [6.45, 7) is -0.265.